The van der Waals surface area contributed by atoms with Crippen molar-refractivity contribution in [3.8, 4) is 0 Å². The van der Waals surface area contributed by atoms with Gasteiger partial charge in [0.2, 0.25) is 0 Å². The van der Waals surface area contributed by atoms with Crippen molar-refractivity contribution < 1.29 is 4.74 Å². The minimum absolute atomic E-state index is 0.704. The molecule has 0 saturated heterocycles. The van der Waals surface area contributed by atoms with Crippen molar-refractivity contribution in [3.05, 3.63) is 11.9 Å². The average Bonchev–Trinajstić information content (AvgIpc) is 2.97. The highest BCUT2D eigenvalue weighted by Crippen LogP contribution is 2.18. The first-order chi connectivity index (χ1) is 7.38. The highest BCUT2D eigenvalue weighted by Gasteiger charge is 2.20. The van der Waals surface area contributed by atoms with Gasteiger partial charge in [0.05, 0.1) is 18.8 Å². The highest BCUT2D eigenvalue weighted by molar-refractivity contribution is 4.94. The lowest BCUT2D eigenvalue weighted by Gasteiger charge is -1.99. The number of nitrogens with one attached hydrogen (secondary N) is 1. The maximum Gasteiger partial charge on any atom is 0.0964 e. The van der Waals surface area contributed by atoms with Gasteiger partial charge in [0, 0.05) is 25.4 Å². The molecule has 5 nitrogen and oxygen atoms in total. The normalized spacial score (nSPS) is 15.8. The topological polar surface area (TPSA) is 52.0 Å². The molecule has 1 aromatic heterocycles. The molecule has 1 heterocycles. The van der Waals surface area contributed by atoms with Crippen LogP contribution in [-0.4, -0.2) is 34.2 Å². The van der Waals surface area contributed by atoms with Crippen LogP contribution in [0.25, 0.3) is 0 Å². The third kappa shape index (κ3) is 3.60. The number of rotatable bonds is 7. The van der Waals surface area contributed by atoms with Gasteiger partial charge in [-0.15, -0.1) is 5.10 Å². The van der Waals surface area contributed by atoms with E-state index in [4.69, 9.17) is 4.74 Å². The largest absolute Gasteiger partial charge is 0.380 e. The van der Waals surface area contributed by atoms with Gasteiger partial charge < -0.3 is 10.1 Å². The maximum atomic E-state index is 5.25. The zero-order valence-electron chi connectivity index (χ0n) is 9.15. The summed E-state index contributed by atoms with van der Waals surface area (Å²) in [5.74, 6) is 0. The zero-order chi connectivity index (χ0) is 10.5. The smallest absolute Gasteiger partial charge is 0.0964 e. The summed E-state index contributed by atoms with van der Waals surface area (Å²) in [5.41, 5.74) is 1.01. The molecule has 84 valence electrons. The molecule has 1 fully saturated rings. The van der Waals surface area contributed by atoms with Gasteiger partial charge in [0.25, 0.3) is 0 Å². The van der Waals surface area contributed by atoms with Crippen LogP contribution in [0.4, 0.5) is 0 Å². The van der Waals surface area contributed by atoms with E-state index in [2.05, 4.69) is 15.6 Å². The predicted molar refractivity (Wildman–Crippen MR) is 56.4 cm³/mol. The number of hydrogen-bond donors (Lipinski definition) is 1. The first kappa shape index (κ1) is 10.6. The number of ether oxygens (including phenoxy) is 1. The summed E-state index contributed by atoms with van der Waals surface area (Å²) in [7, 11) is 0. The maximum absolute atomic E-state index is 5.25. The Morgan fingerprint density at radius 2 is 2.47 bits per heavy atom. The second-order valence-corrected chi connectivity index (χ2v) is 3.83. The number of nitrogens with zero attached hydrogens (tertiary/aromatic N) is 3. The van der Waals surface area contributed by atoms with Crippen LogP contribution in [-0.2, 0) is 17.8 Å². The van der Waals surface area contributed by atoms with Gasteiger partial charge in [-0.1, -0.05) is 5.21 Å². The van der Waals surface area contributed by atoms with Gasteiger partial charge in [-0.05, 0) is 19.8 Å². The fourth-order valence-corrected chi connectivity index (χ4v) is 1.37. The lowest BCUT2D eigenvalue weighted by atomic mass is 10.4. The molecular formula is C10H18N4O. The second-order valence-electron chi connectivity index (χ2n) is 3.83. The van der Waals surface area contributed by atoms with Crippen LogP contribution in [0.3, 0.4) is 0 Å². The molecule has 0 aliphatic heterocycles. The summed E-state index contributed by atoms with van der Waals surface area (Å²) in [6.07, 6.45) is 4.59. The SMILES string of the molecule is CCOCCn1cc(CNC2CC2)nn1. The molecule has 0 spiro atoms. The van der Waals surface area contributed by atoms with E-state index in [0.717, 1.165) is 31.4 Å². The van der Waals surface area contributed by atoms with E-state index in [1.165, 1.54) is 12.8 Å². The Hall–Kier alpha value is -0.940. The van der Waals surface area contributed by atoms with E-state index in [0.29, 0.717) is 6.61 Å². The number of aromatic nitrogens is 3. The molecule has 1 N–H and O–H groups in total. The number of hydrogen-bond acceptors (Lipinski definition) is 4. The Balaban J connectivity index is 1.70. The summed E-state index contributed by atoms with van der Waals surface area (Å²) in [5, 5.41) is 11.5. The molecule has 1 aliphatic rings. The Bertz CT molecular complexity index is 295. The molecule has 0 amide bonds. The van der Waals surface area contributed by atoms with Gasteiger partial charge in [-0.2, -0.15) is 0 Å². The Morgan fingerprint density at radius 1 is 1.60 bits per heavy atom. The minimum Gasteiger partial charge on any atom is -0.380 e. The monoisotopic (exact) mass is 210 g/mol. The van der Waals surface area contributed by atoms with Gasteiger partial charge >= 0.3 is 0 Å². The molecule has 15 heavy (non-hydrogen) atoms. The summed E-state index contributed by atoms with van der Waals surface area (Å²) in [6.45, 7) is 5.07. The van der Waals surface area contributed by atoms with Crippen molar-refractivity contribution in [1.82, 2.24) is 20.3 Å². The Labute approximate surface area is 89.8 Å². The van der Waals surface area contributed by atoms with Crippen molar-refractivity contribution >= 4 is 0 Å². The van der Waals surface area contributed by atoms with Crippen molar-refractivity contribution in [2.45, 2.75) is 38.9 Å². The van der Waals surface area contributed by atoms with E-state index in [-0.39, 0.29) is 0 Å². The molecule has 5 heteroatoms. The van der Waals surface area contributed by atoms with Gasteiger partial charge in [-0.3, -0.25) is 0 Å². The summed E-state index contributed by atoms with van der Waals surface area (Å²) in [4.78, 5) is 0. The lowest BCUT2D eigenvalue weighted by molar-refractivity contribution is 0.136. The van der Waals surface area contributed by atoms with Crippen LogP contribution in [0.15, 0.2) is 6.20 Å². The third-order valence-corrected chi connectivity index (χ3v) is 2.40. The van der Waals surface area contributed by atoms with Crippen molar-refractivity contribution in [1.29, 1.82) is 0 Å². The molecule has 1 aromatic rings. The van der Waals surface area contributed by atoms with E-state index < -0.39 is 0 Å². The molecule has 0 radical (unpaired) electrons. The molecule has 1 saturated carbocycles. The third-order valence-electron chi connectivity index (χ3n) is 2.40. The molecule has 0 unspecified atom stereocenters. The molecular weight excluding hydrogens is 192 g/mol. The molecule has 0 aromatic carbocycles. The van der Waals surface area contributed by atoms with Crippen LogP contribution in [0.2, 0.25) is 0 Å². The van der Waals surface area contributed by atoms with Crippen LogP contribution in [0, 0.1) is 0 Å². The summed E-state index contributed by atoms with van der Waals surface area (Å²) in [6, 6.07) is 0.721. The quantitative estimate of drug-likeness (QED) is 0.668. The fraction of sp³-hybridized carbons (Fsp3) is 0.800. The second kappa shape index (κ2) is 5.23. The minimum atomic E-state index is 0.704. The Morgan fingerprint density at radius 3 is 3.20 bits per heavy atom. The fourth-order valence-electron chi connectivity index (χ4n) is 1.37. The average molecular weight is 210 g/mol. The van der Waals surface area contributed by atoms with E-state index >= 15 is 0 Å². The standard InChI is InChI=1S/C10H18N4O/c1-2-15-6-5-14-8-10(12-13-14)7-11-9-3-4-9/h8-9,11H,2-7H2,1H3. The van der Waals surface area contributed by atoms with Crippen LogP contribution < -0.4 is 5.32 Å². The van der Waals surface area contributed by atoms with E-state index in [1.807, 2.05) is 17.8 Å². The predicted octanol–water partition coefficient (Wildman–Crippen LogP) is 0.567. The Kier molecular flexibility index (Phi) is 3.69. The van der Waals surface area contributed by atoms with E-state index in [1.54, 1.807) is 0 Å². The van der Waals surface area contributed by atoms with Crippen molar-refractivity contribution in [2.24, 2.45) is 0 Å². The van der Waals surface area contributed by atoms with Crippen molar-refractivity contribution in [2.75, 3.05) is 13.2 Å². The van der Waals surface area contributed by atoms with Gasteiger partial charge in [0.15, 0.2) is 0 Å². The van der Waals surface area contributed by atoms with Gasteiger partial charge in [-0.25, -0.2) is 4.68 Å². The highest BCUT2D eigenvalue weighted by atomic mass is 16.5. The van der Waals surface area contributed by atoms with Crippen LogP contribution in [0.5, 0.6) is 0 Å². The molecule has 2 rings (SSSR count). The van der Waals surface area contributed by atoms with Gasteiger partial charge in [0.1, 0.15) is 0 Å². The molecule has 0 atom stereocenters. The van der Waals surface area contributed by atoms with Crippen molar-refractivity contribution in [3.63, 3.8) is 0 Å². The lowest BCUT2D eigenvalue weighted by Crippen LogP contribution is -2.15. The zero-order valence-corrected chi connectivity index (χ0v) is 9.15. The van der Waals surface area contributed by atoms with Crippen LogP contribution >= 0.6 is 0 Å². The summed E-state index contributed by atoms with van der Waals surface area (Å²) < 4.78 is 7.08. The first-order valence-electron chi connectivity index (χ1n) is 5.58. The first-order valence-corrected chi connectivity index (χ1v) is 5.58. The summed E-state index contributed by atoms with van der Waals surface area (Å²) >= 11 is 0. The molecule has 0 bridgehead atoms. The molecule has 1 aliphatic carbocycles. The van der Waals surface area contributed by atoms with Crippen LogP contribution in [0.1, 0.15) is 25.5 Å². The van der Waals surface area contributed by atoms with E-state index in [9.17, 15) is 0 Å².